The fourth-order valence-electron chi connectivity index (χ4n) is 1.61. The lowest BCUT2D eigenvalue weighted by molar-refractivity contribution is 0.0901. The molecule has 1 aliphatic carbocycles. The fraction of sp³-hybridized carbons (Fsp3) is 0.417. The molecule has 0 heterocycles. The van der Waals surface area contributed by atoms with Crippen LogP contribution < -0.4 is 5.32 Å². The van der Waals surface area contributed by atoms with E-state index in [2.05, 4.69) is 21.2 Å². The summed E-state index contributed by atoms with van der Waals surface area (Å²) in [6.07, 6.45) is 1.67. The van der Waals surface area contributed by atoms with Crippen LogP contribution in [0.4, 0.5) is 0 Å². The number of hydrogen-bond donors (Lipinski definition) is 2. The summed E-state index contributed by atoms with van der Waals surface area (Å²) in [5.41, 5.74) is 0.429. The molecule has 0 spiro atoms. The zero-order chi connectivity index (χ0) is 12.4. The first-order chi connectivity index (χ1) is 8.08. The molecule has 1 atom stereocenters. The van der Waals surface area contributed by atoms with Gasteiger partial charge in [-0.05, 0) is 37.0 Å². The highest BCUT2D eigenvalue weighted by Gasteiger charge is 2.29. The molecule has 1 aromatic rings. The summed E-state index contributed by atoms with van der Waals surface area (Å²) in [7, 11) is 0. The molecule has 0 aliphatic heterocycles. The van der Waals surface area contributed by atoms with Crippen LogP contribution in [0.2, 0.25) is 5.02 Å². The van der Waals surface area contributed by atoms with Gasteiger partial charge < -0.3 is 10.4 Å². The second kappa shape index (κ2) is 5.38. The van der Waals surface area contributed by atoms with E-state index in [0.29, 0.717) is 16.5 Å². The largest absolute Gasteiger partial charge is 0.391 e. The van der Waals surface area contributed by atoms with Crippen LogP contribution in [-0.4, -0.2) is 23.7 Å². The Labute approximate surface area is 113 Å². The molecule has 1 fully saturated rings. The normalized spacial score (nSPS) is 16.6. The van der Waals surface area contributed by atoms with Crippen molar-refractivity contribution in [2.45, 2.75) is 18.9 Å². The Hall–Kier alpha value is -0.580. The maximum Gasteiger partial charge on any atom is 0.252 e. The zero-order valence-electron chi connectivity index (χ0n) is 9.12. The van der Waals surface area contributed by atoms with Gasteiger partial charge in [0.25, 0.3) is 5.91 Å². The first-order valence-corrected chi connectivity index (χ1v) is 6.66. The fourth-order valence-corrected chi connectivity index (χ4v) is 2.37. The van der Waals surface area contributed by atoms with Gasteiger partial charge >= 0.3 is 0 Å². The predicted molar refractivity (Wildman–Crippen MR) is 70.2 cm³/mol. The van der Waals surface area contributed by atoms with Crippen LogP contribution >= 0.6 is 27.5 Å². The molecule has 1 aromatic carbocycles. The third kappa shape index (κ3) is 3.44. The maximum absolute atomic E-state index is 11.8. The van der Waals surface area contributed by atoms with Crippen molar-refractivity contribution in [3.63, 3.8) is 0 Å². The van der Waals surface area contributed by atoms with Crippen LogP contribution in [0, 0.1) is 5.92 Å². The third-order valence-electron chi connectivity index (χ3n) is 2.81. The smallest absolute Gasteiger partial charge is 0.252 e. The monoisotopic (exact) mass is 317 g/mol. The summed E-state index contributed by atoms with van der Waals surface area (Å²) in [6.45, 7) is 0.288. The predicted octanol–water partition coefficient (Wildman–Crippen LogP) is 2.60. The van der Waals surface area contributed by atoms with Gasteiger partial charge in [-0.2, -0.15) is 0 Å². The van der Waals surface area contributed by atoms with Gasteiger partial charge in [-0.25, -0.2) is 0 Å². The Morgan fingerprint density at radius 3 is 2.88 bits per heavy atom. The van der Waals surface area contributed by atoms with E-state index in [1.165, 1.54) is 0 Å². The number of rotatable bonds is 4. The minimum absolute atomic E-state index is 0.248. The molecule has 0 bridgehead atoms. The van der Waals surface area contributed by atoms with Crippen molar-refractivity contribution < 1.29 is 9.90 Å². The summed E-state index contributed by atoms with van der Waals surface area (Å²) < 4.78 is 0.831. The minimum Gasteiger partial charge on any atom is -0.391 e. The van der Waals surface area contributed by atoms with E-state index in [1.807, 2.05) is 0 Å². The van der Waals surface area contributed by atoms with E-state index < -0.39 is 6.10 Å². The van der Waals surface area contributed by atoms with Crippen LogP contribution in [0.25, 0.3) is 0 Å². The van der Waals surface area contributed by atoms with Crippen molar-refractivity contribution in [1.82, 2.24) is 5.32 Å². The van der Waals surface area contributed by atoms with Gasteiger partial charge in [0.15, 0.2) is 0 Å². The Morgan fingerprint density at radius 2 is 2.29 bits per heavy atom. The SMILES string of the molecule is O=C(NCC(O)C1CC1)c1ccc(Br)cc1Cl. The lowest BCUT2D eigenvalue weighted by atomic mass is 10.2. The topological polar surface area (TPSA) is 49.3 Å². The molecule has 1 unspecified atom stereocenters. The van der Waals surface area contributed by atoms with Gasteiger partial charge in [-0.1, -0.05) is 27.5 Å². The molecule has 0 saturated heterocycles. The summed E-state index contributed by atoms with van der Waals surface area (Å²) in [5, 5.41) is 12.7. The van der Waals surface area contributed by atoms with Crippen LogP contribution in [-0.2, 0) is 0 Å². The number of nitrogens with one attached hydrogen (secondary N) is 1. The highest BCUT2D eigenvalue weighted by Crippen LogP contribution is 2.32. The molecule has 1 saturated carbocycles. The molecule has 3 nitrogen and oxygen atoms in total. The molecule has 1 aliphatic rings. The van der Waals surface area contributed by atoms with Gasteiger partial charge in [0.1, 0.15) is 0 Å². The first kappa shape index (κ1) is 12.9. The Bertz CT molecular complexity index is 435. The number of aliphatic hydroxyl groups excluding tert-OH is 1. The quantitative estimate of drug-likeness (QED) is 0.896. The van der Waals surface area contributed by atoms with Crippen molar-refractivity contribution in [3.8, 4) is 0 Å². The lowest BCUT2D eigenvalue weighted by Gasteiger charge is -2.11. The van der Waals surface area contributed by atoms with E-state index in [9.17, 15) is 9.90 Å². The second-order valence-corrected chi connectivity index (χ2v) is 5.56. The van der Waals surface area contributed by atoms with E-state index in [4.69, 9.17) is 11.6 Å². The van der Waals surface area contributed by atoms with Gasteiger partial charge in [0.2, 0.25) is 0 Å². The molecule has 92 valence electrons. The van der Waals surface area contributed by atoms with E-state index >= 15 is 0 Å². The first-order valence-electron chi connectivity index (χ1n) is 5.49. The molecular formula is C12H13BrClNO2. The van der Waals surface area contributed by atoms with Crippen molar-refractivity contribution in [1.29, 1.82) is 0 Å². The molecule has 5 heteroatoms. The minimum atomic E-state index is -0.437. The number of amides is 1. The average Bonchev–Trinajstić information content (AvgIpc) is 3.09. The average molecular weight is 319 g/mol. The van der Waals surface area contributed by atoms with Gasteiger partial charge in [0, 0.05) is 11.0 Å². The van der Waals surface area contributed by atoms with Gasteiger partial charge in [-0.15, -0.1) is 0 Å². The van der Waals surface area contributed by atoms with Crippen LogP contribution in [0.15, 0.2) is 22.7 Å². The molecule has 1 amide bonds. The van der Waals surface area contributed by atoms with Crippen LogP contribution in [0.3, 0.4) is 0 Å². The summed E-state index contributed by atoms with van der Waals surface area (Å²) in [4.78, 5) is 11.8. The van der Waals surface area contributed by atoms with Crippen molar-refractivity contribution in [3.05, 3.63) is 33.3 Å². The Balaban J connectivity index is 1.94. The van der Waals surface area contributed by atoms with E-state index in [-0.39, 0.29) is 12.5 Å². The zero-order valence-corrected chi connectivity index (χ0v) is 11.5. The highest BCUT2D eigenvalue weighted by atomic mass is 79.9. The summed E-state index contributed by atoms with van der Waals surface area (Å²) in [5.74, 6) is 0.109. The second-order valence-electron chi connectivity index (χ2n) is 4.24. The van der Waals surface area contributed by atoms with Crippen LogP contribution in [0.1, 0.15) is 23.2 Å². The van der Waals surface area contributed by atoms with Crippen molar-refractivity contribution >= 4 is 33.4 Å². The standard InChI is InChI=1S/C12H13BrClNO2/c13-8-3-4-9(10(14)5-8)12(17)15-6-11(16)7-1-2-7/h3-5,7,11,16H,1-2,6H2,(H,15,17). The Kier molecular flexibility index (Phi) is 4.07. The number of carbonyl (C=O) groups is 1. The van der Waals surface area contributed by atoms with Crippen LogP contribution in [0.5, 0.6) is 0 Å². The molecule has 0 radical (unpaired) electrons. The maximum atomic E-state index is 11.8. The molecule has 2 rings (SSSR count). The van der Waals surface area contributed by atoms with E-state index in [0.717, 1.165) is 17.3 Å². The Morgan fingerprint density at radius 1 is 1.59 bits per heavy atom. The van der Waals surface area contributed by atoms with E-state index in [1.54, 1.807) is 18.2 Å². The third-order valence-corrected chi connectivity index (χ3v) is 3.62. The molecule has 2 N–H and O–H groups in total. The highest BCUT2D eigenvalue weighted by molar-refractivity contribution is 9.10. The molecule has 0 aromatic heterocycles. The van der Waals surface area contributed by atoms with Gasteiger partial charge in [-0.3, -0.25) is 4.79 Å². The van der Waals surface area contributed by atoms with Gasteiger partial charge in [0.05, 0.1) is 16.7 Å². The number of benzene rings is 1. The number of halogens is 2. The lowest BCUT2D eigenvalue weighted by Crippen LogP contribution is -2.33. The van der Waals surface area contributed by atoms with Crippen molar-refractivity contribution in [2.75, 3.05) is 6.54 Å². The molecule has 17 heavy (non-hydrogen) atoms. The number of hydrogen-bond acceptors (Lipinski definition) is 2. The number of carbonyl (C=O) groups excluding carboxylic acids is 1. The van der Waals surface area contributed by atoms with Crippen molar-refractivity contribution in [2.24, 2.45) is 5.92 Å². The molecular weight excluding hydrogens is 305 g/mol. The summed E-state index contributed by atoms with van der Waals surface area (Å²) in [6, 6.07) is 5.09. The summed E-state index contributed by atoms with van der Waals surface area (Å²) >= 11 is 9.24. The number of aliphatic hydroxyl groups is 1.